The van der Waals surface area contributed by atoms with Gasteiger partial charge in [0.2, 0.25) is 15.9 Å². The van der Waals surface area contributed by atoms with Crippen molar-refractivity contribution in [1.29, 1.82) is 0 Å². The smallest absolute Gasteiger partial charge is 0.243 e. The van der Waals surface area contributed by atoms with E-state index in [1.807, 2.05) is 34.6 Å². The molecule has 0 aromatic heterocycles. The van der Waals surface area contributed by atoms with Gasteiger partial charge in [0.1, 0.15) is 5.75 Å². The Morgan fingerprint density at radius 3 is 2.39 bits per heavy atom. The van der Waals surface area contributed by atoms with E-state index < -0.39 is 10.0 Å². The molecule has 0 unspecified atom stereocenters. The van der Waals surface area contributed by atoms with Crippen LogP contribution in [0.1, 0.15) is 53.9 Å². The van der Waals surface area contributed by atoms with E-state index in [1.165, 1.54) is 4.31 Å². The molecule has 7 nitrogen and oxygen atoms in total. The van der Waals surface area contributed by atoms with E-state index in [4.69, 9.17) is 4.74 Å². The molecule has 0 atom stereocenters. The molecule has 2 rings (SSSR count). The minimum absolute atomic E-state index is 0.0267. The van der Waals surface area contributed by atoms with E-state index in [2.05, 4.69) is 10.6 Å². The van der Waals surface area contributed by atoms with Gasteiger partial charge in [-0.2, -0.15) is 4.31 Å². The van der Waals surface area contributed by atoms with E-state index in [0.717, 1.165) is 19.3 Å². The maximum atomic E-state index is 13.0. The van der Waals surface area contributed by atoms with Gasteiger partial charge in [-0.1, -0.05) is 6.42 Å². The normalized spacial score (nSPS) is 16.1. The van der Waals surface area contributed by atoms with E-state index in [9.17, 15) is 13.2 Å². The van der Waals surface area contributed by atoms with Crippen LogP contribution in [0.25, 0.3) is 0 Å². The number of rotatable bonds is 7. The molecule has 1 saturated heterocycles. The number of ether oxygens (including phenoxy) is 1. The fraction of sp³-hybridized carbons (Fsp3) is 0.650. The van der Waals surface area contributed by atoms with Gasteiger partial charge in [-0.15, -0.1) is 0 Å². The molecule has 0 radical (unpaired) electrons. The first-order chi connectivity index (χ1) is 13.0. The second-order valence-corrected chi connectivity index (χ2v) is 10.4. The van der Waals surface area contributed by atoms with Gasteiger partial charge in [-0.25, -0.2) is 8.42 Å². The third-order valence-electron chi connectivity index (χ3n) is 4.22. The number of nitrogens with one attached hydrogen (secondary N) is 2. The van der Waals surface area contributed by atoms with Crippen molar-refractivity contribution < 1.29 is 17.9 Å². The fourth-order valence-corrected chi connectivity index (χ4v) is 4.60. The Hall–Kier alpha value is -1.80. The lowest BCUT2D eigenvalue weighted by Crippen LogP contribution is -2.43. The number of anilines is 1. The number of piperidine rings is 1. The molecule has 2 N–H and O–H groups in total. The van der Waals surface area contributed by atoms with E-state index in [0.29, 0.717) is 24.5 Å². The van der Waals surface area contributed by atoms with Gasteiger partial charge in [0, 0.05) is 18.6 Å². The molecule has 0 bridgehead atoms. The highest BCUT2D eigenvalue weighted by Gasteiger charge is 2.27. The molecule has 1 amide bonds. The molecule has 1 aromatic rings. The van der Waals surface area contributed by atoms with Crippen LogP contribution in [-0.2, 0) is 14.8 Å². The second-order valence-electron chi connectivity index (χ2n) is 8.44. The van der Waals surface area contributed by atoms with Gasteiger partial charge in [0.15, 0.2) is 0 Å². The van der Waals surface area contributed by atoms with Crippen molar-refractivity contribution in [3.05, 3.63) is 18.2 Å². The minimum atomic E-state index is -3.56. The Labute approximate surface area is 168 Å². The summed E-state index contributed by atoms with van der Waals surface area (Å²) < 4.78 is 33.3. The Morgan fingerprint density at radius 1 is 1.18 bits per heavy atom. The largest absolute Gasteiger partial charge is 0.489 e. The summed E-state index contributed by atoms with van der Waals surface area (Å²) in [6.45, 7) is 10.6. The standard InChI is InChI=1S/C20H33N3O4S/c1-15(2)27-18-10-9-16(28(25,26)23-11-7-6-8-12-23)13-17(18)21-14-19(24)22-20(3,4)5/h9-10,13,15,21H,6-8,11-12,14H2,1-5H3,(H,22,24). The predicted octanol–water partition coefficient (Wildman–Crippen LogP) is 2.98. The van der Waals surface area contributed by atoms with E-state index in [1.54, 1.807) is 18.2 Å². The number of carbonyl (C=O) groups is 1. The summed E-state index contributed by atoms with van der Waals surface area (Å²) in [6, 6.07) is 4.79. The first-order valence-electron chi connectivity index (χ1n) is 9.85. The molecular formula is C20H33N3O4S. The number of amides is 1. The van der Waals surface area contributed by atoms with Gasteiger partial charge in [0.05, 0.1) is 23.2 Å². The molecular weight excluding hydrogens is 378 g/mol. The van der Waals surface area contributed by atoms with E-state index >= 15 is 0 Å². The molecule has 1 aliphatic heterocycles. The first kappa shape index (κ1) is 22.5. The average molecular weight is 412 g/mol. The predicted molar refractivity (Wildman–Crippen MR) is 111 cm³/mol. The fourth-order valence-electron chi connectivity index (χ4n) is 3.06. The van der Waals surface area contributed by atoms with Crippen molar-refractivity contribution in [2.75, 3.05) is 25.0 Å². The third kappa shape index (κ3) is 6.38. The van der Waals surface area contributed by atoms with Crippen LogP contribution in [0.15, 0.2) is 23.1 Å². The van der Waals surface area contributed by atoms with Crippen LogP contribution in [0, 0.1) is 0 Å². The Morgan fingerprint density at radius 2 is 1.82 bits per heavy atom. The van der Waals surface area contributed by atoms with Crippen molar-refractivity contribution in [3.8, 4) is 5.75 Å². The highest BCUT2D eigenvalue weighted by Crippen LogP contribution is 2.30. The molecule has 0 aliphatic carbocycles. The molecule has 1 aromatic carbocycles. The van der Waals surface area contributed by atoms with Gasteiger partial charge in [0.25, 0.3) is 0 Å². The third-order valence-corrected chi connectivity index (χ3v) is 6.11. The van der Waals surface area contributed by atoms with Crippen molar-refractivity contribution in [2.45, 2.75) is 70.4 Å². The molecule has 0 saturated carbocycles. The highest BCUT2D eigenvalue weighted by atomic mass is 32.2. The summed E-state index contributed by atoms with van der Waals surface area (Å²) in [6.07, 6.45) is 2.74. The number of hydrogen-bond donors (Lipinski definition) is 2. The number of sulfonamides is 1. The first-order valence-corrected chi connectivity index (χ1v) is 11.3. The summed E-state index contributed by atoms with van der Waals surface area (Å²) >= 11 is 0. The Bertz CT molecular complexity index is 779. The molecule has 1 heterocycles. The quantitative estimate of drug-likeness (QED) is 0.720. The van der Waals surface area contributed by atoms with Crippen LogP contribution in [0.5, 0.6) is 5.75 Å². The lowest BCUT2D eigenvalue weighted by molar-refractivity contribution is -0.120. The minimum Gasteiger partial charge on any atom is -0.489 e. The summed E-state index contributed by atoms with van der Waals surface area (Å²) in [4.78, 5) is 12.4. The zero-order chi connectivity index (χ0) is 20.9. The molecule has 28 heavy (non-hydrogen) atoms. The van der Waals surface area contributed by atoms with Crippen LogP contribution >= 0.6 is 0 Å². The summed E-state index contributed by atoms with van der Waals surface area (Å²) in [5, 5.41) is 5.91. The zero-order valence-electron chi connectivity index (χ0n) is 17.5. The van der Waals surface area contributed by atoms with Crippen molar-refractivity contribution in [1.82, 2.24) is 9.62 Å². The van der Waals surface area contributed by atoms with Gasteiger partial charge >= 0.3 is 0 Å². The maximum absolute atomic E-state index is 13.0. The SMILES string of the molecule is CC(C)Oc1ccc(S(=O)(=O)N2CCCCC2)cc1NCC(=O)NC(C)(C)C. The summed E-state index contributed by atoms with van der Waals surface area (Å²) in [5.74, 6) is 0.350. The van der Waals surface area contributed by atoms with Crippen LogP contribution < -0.4 is 15.4 Å². The zero-order valence-corrected chi connectivity index (χ0v) is 18.4. The summed E-state index contributed by atoms with van der Waals surface area (Å²) in [7, 11) is -3.56. The number of nitrogens with zero attached hydrogens (tertiary/aromatic N) is 1. The Balaban J connectivity index is 2.25. The monoisotopic (exact) mass is 411 g/mol. The van der Waals surface area contributed by atoms with Gasteiger partial charge < -0.3 is 15.4 Å². The lowest BCUT2D eigenvalue weighted by atomic mass is 10.1. The van der Waals surface area contributed by atoms with Crippen molar-refractivity contribution in [3.63, 3.8) is 0 Å². The van der Waals surface area contributed by atoms with Crippen molar-refractivity contribution in [2.24, 2.45) is 0 Å². The second kappa shape index (κ2) is 9.13. The molecule has 1 aliphatic rings. The molecule has 1 fully saturated rings. The molecule has 0 spiro atoms. The number of carbonyl (C=O) groups excluding carboxylic acids is 1. The molecule has 158 valence electrons. The van der Waals surface area contributed by atoms with Gasteiger partial charge in [-0.3, -0.25) is 4.79 Å². The van der Waals surface area contributed by atoms with Crippen LogP contribution in [0.2, 0.25) is 0 Å². The maximum Gasteiger partial charge on any atom is 0.243 e. The Kier molecular flexibility index (Phi) is 7.33. The average Bonchev–Trinajstić information content (AvgIpc) is 2.59. The summed E-state index contributed by atoms with van der Waals surface area (Å²) in [5.41, 5.74) is 0.158. The van der Waals surface area contributed by atoms with Crippen LogP contribution in [0.4, 0.5) is 5.69 Å². The van der Waals surface area contributed by atoms with E-state index in [-0.39, 0.29) is 29.0 Å². The van der Waals surface area contributed by atoms with Gasteiger partial charge in [-0.05, 0) is 65.7 Å². The lowest BCUT2D eigenvalue weighted by Gasteiger charge is -2.26. The molecule has 8 heteroatoms. The van der Waals surface area contributed by atoms with Crippen molar-refractivity contribution >= 4 is 21.6 Å². The highest BCUT2D eigenvalue weighted by molar-refractivity contribution is 7.89. The van der Waals surface area contributed by atoms with Crippen LogP contribution in [-0.4, -0.2) is 49.9 Å². The van der Waals surface area contributed by atoms with Crippen LogP contribution in [0.3, 0.4) is 0 Å². The topological polar surface area (TPSA) is 87.7 Å². The number of benzene rings is 1. The number of hydrogen-bond acceptors (Lipinski definition) is 5.